The molecule has 2 aliphatic heterocycles. The Morgan fingerprint density at radius 1 is 1.42 bits per heavy atom. The average molecular weight is 364 g/mol. The molecule has 0 aromatic heterocycles. The van der Waals surface area contributed by atoms with E-state index in [1.54, 1.807) is 18.3 Å². The monoisotopic (exact) mass is 364 g/mol. The molecule has 2 heterocycles. The predicted octanol–water partition coefficient (Wildman–Crippen LogP) is 2.84. The lowest BCUT2D eigenvalue weighted by Crippen LogP contribution is -2.31. The Hall–Kier alpha value is -1.80. The third-order valence-corrected chi connectivity index (χ3v) is 5.50. The largest absolute Gasteiger partial charge is 0.379 e. The van der Waals surface area contributed by atoms with Gasteiger partial charge in [0.15, 0.2) is 10.3 Å². The summed E-state index contributed by atoms with van der Waals surface area (Å²) >= 11 is 2.89. The highest BCUT2D eigenvalue weighted by atomic mass is 32.2. The van der Waals surface area contributed by atoms with Gasteiger partial charge in [0.2, 0.25) is 0 Å². The van der Waals surface area contributed by atoms with Crippen molar-refractivity contribution in [3.63, 3.8) is 0 Å². The fourth-order valence-corrected chi connectivity index (χ4v) is 4.10. The van der Waals surface area contributed by atoms with Gasteiger partial charge in [0.05, 0.1) is 11.1 Å². The van der Waals surface area contributed by atoms with Crippen molar-refractivity contribution in [2.45, 2.75) is 18.9 Å². The van der Waals surface area contributed by atoms with E-state index in [0.29, 0.717) is 10.3 Å². The molecule has 0 radical (unpaired) electrons. The van der Waals surface area contributed by atoms with Gasteiger partial charge in [-0.2, -0.15) is 0 Å². The number of thioether (sulfide) groups is 2. The van der Waals surface area contributed by atoms with Crippen molar-refractivity contribution in [2.75, 3.05) is 11.5 Å². The van der Waals surface area contributed by atoms with Crippen LogP contribution < -0.4 is 11.1 Å². The number of nitrogens with one attached hydrogen (secondary N) is 1. The SMILES string of the molecule is CC1(c2ccc(F)c(C(=O)NC3=NC=CCS3)c2)CCSC(N)=N1. The number of hydrogen-bond acceptors (Lipinski definition) is 6. The molecule has 1 atom stereocenters. The zero-order valence-corrected chi connectivity index (χ0v) is 14.7. The molecule has 126 valence electrons. The van der Waals surface area contributed by atoms with Gasteiger partial charge in [-0.05, 0) is 31.0 Å². The number of rotatable bonds is 2. The lowest BCUT2D eigenvalue weighted by Gasteiger charge is -2.30. The smallest absolute Gasteiger partial charge is 0.260 e. The zero-order valence-electron chi connectivity index (χ0n) is 13.1. The maximum Gasteiger partial charge on any atom is 0.260 e. The van der Waals surface area contributed by atoms with Crippen molar-refractivity contribution in [1.29, 1.82) is 0 Å². The number of halogens is 1. The van der Waals surface area contributed by atoms with Crippen LogP contribution in [0.25, 0.3) is 0 Å². The summed E-state index contributed by atoms with van der Waals surface area (Å²) in [6, 6.07) is 4.52. The van der Waals surface area contributed by atoms with Crippen molar-refractivity contribution in [3.8, 4) is 0 Å². The van der Waals surface area contributed by atoms with Crippen LogP contribution in [0.5, 0.6) is 0 Å². The number of nitrogens with two attached hydrogens (primary N) is 1. The molecule has 8 heteroatoms. The van der Waals surface area contributed by atoms with Crippen LogP contribution >= 0.6 is 23.5 Å². The van der Waals surface area contributed by atoms with E-state index in [9.17, 15) is 9.18 Å². The number of carbonyl (C=O) groups excluding carboxylic acids is 1. The highest BCUT2D eigenvalue weighted by molar-refractivity contribution is 8.14. The Kier molecular flexibility index (Phi) is 4.96. The van der Waals surface area contributed by atoms with Crippen LogP contribution in [0.1, 0.15) is 29.3 Å². The fourth-order valence-electron chi connectivity index (χ4n) is 2.49. The van der Waals surface area contributed by atoms with Crippen LogP contribution in [-0.4, -0.2) is 27.7 Å². The van der Waals surface area contributed by atoms with Gasteiger partial charge in [0.25, 0.3) is 5.91 Å². The number of amidine groups is 2. The molecule has 0 fully saturated rings. The third kappa shape index (κ3) is 3.64. The van der Waals surface area contributed by atoms with Crippen LogP contribution in [0.3, 0.4) is 0 Å². The minimum absolute atomic E-state index is 0.0152. The second kappa shape index (κ2) is 6.98. The topological polar surface area (TPSA) is 79.8 Å². The maximum absolute atomic E-state index is 14.2. The number of nitrogens with zero attached hydrogens (tertiary/aromatic N) is 2. The van der Waals surface area contributed by atoms with E-state index in [4.69, 9.17) is 5.73 Å². The first-order valence-electron chi connectivity index (χ1n) is 7.43. The van der Waals surface area contributed by atoms with Crippen LogP contribution in [0, 0.1) is 5.82 Å². The van der Waals surface area contributed by atoms with Crippen molar-refractivity contribution in [3.05, 3.63) is 47.4 Å². The Bertz CT molecular complexity index is 762. The number of amides is 1. The van der Waals surface area contributed by atoms with Crippen LogP contribution in [-0.2, 0) is 5.54 Å². The van der Waals surface area contributed by atoms with E-state index in [1.165, 1.54) is 29.6 Å². The van der Waals surface area contributed by atoms with Gasteiger partial charge in [0.1, 0.15) is 5.82 Å². The molecular formula is C16H17FN4OS2. The second-order valence-electron chi connectivity index (χ2n) is 5.60. The summed E-state index contributed by atoms with van der Waals surface area (Å²) in [6.45, 7) is 1.94. The van der Waals surface area contributed by atoms with E-state index in [-0.39, 0.29) is 5.56 Å². The third-order valence-electron chi connectivity index (χ3n) is 3.86. The van der Waals surface area contributed by atoms with E-state index < -0.39 is 17.3 Å². The molecule has 0 aliphatic carbocycles. The number of aliphatic imine (C=N–C) groups is 2. The van der Waals surface area contributed by atoms with Crippen molar-refractivity contribution in [2.24, 2.45) is 15.7 Å². The van der Waals surface area contributed by atoms with Crippen molar-refractivity contribution < 1.29 is 9.18 Å². The summed E-state index contributed by atoms with van der Waals surface area (Å²) < 4.78 is 14.2. The molecule has 1 amide bonds. The van der Waals surface area contributed by atoms with Crippen LogP contribution in [0.2, 0.25) is 0 Å². The summed E-state index contributed by atoms with van der Waals surface area (Å²) in [6.07, 6.45) is 4.28. The molecular weight excluding hydrogens is 347 g/mol. The molecule has 0 bridgehead atoms. The Morgan fingerprint density at radius 2 is 2.25 bits per heavy atom. The second-order valence-corrected chi connectivity index (χ2v) is 7.73. The zero-order chi connectivity index (χ0) is 17.2. The lowest BCUT2D eigenvalue weighted by molar-refractivity contribution is 0.0974. The standard InChI is InChI=1S/C16H17FN4OS2/c1-16(5-8-23-14(18)21-16)10-3-4-12(17)11(9-10)13(22)20-15-19-6-2-7-24-15/h2-4,6,9H,5,7-8H2,1H3,(H2,18,21)(H,19,20,22). The highest BCUT2D eigenvalue weighted by Crippen LogP contribution is 2.35. The van der Waals surface area contributed by atoms with Crippen molar-refractivity contribution in [1.82, 2.24) is 5.32 Å². The Balaban J connectivity index is 1.89. The Morgan fingerprint density at radius 3 is 2.96 bits per heavy atom. The highest BCUT2D eigenvalue weighted by Gasteiger charge is 2.30. The molecule has 0 saturated heterocycles. The molecule has 1 unspecified atom stereocenters. The summed E-state index contributed by atoms with van der Waals surface area (Å²) in [4.78, 5) is 21.0. The van der Waals surface area contributed by atoms with Gasteiger partial charge in [-0.25, -0.2) is 9.38 Å². The van der Waals surface area contributed by atoms with Gasteiger partial charge in [0, 0.05) is 17.7 Å². The molecule has 3 N–H and O–H groups in total. The average Bonchev–Trinajstić information content (AvgIpc) is 2.55. The van der Waals surface area contributed by atoms with E-state index in [1.807, 2.05) is 13.0 Å². The molecule has 24 heavy (non-hydrogen) atoms. The first-order valence-corrected chi connectivity index (χ1v) is 9.40. The minimum Gasteiger partial charge on any atom is -0.379 e. The van der Waals surface area contributed by atoms with Gasteiger partial charge in [-0.3, -0.25) is 9.79 Å². The molecule has 0 spiro atoms. The maximum atomic E-state index is 14.2. The minimum atomic E-state index is -0.570. The first kappa shape index (κ1) is 17.0. The lowest BCUT2D eigenvalue weighted by atomic mass is 9.88. The first-order chi connectivity index (χ1) is 11.5. The van der Waals surface area contributed by atoms with Crippen LogP contribution in [0.4, 0.5) is 4.39 Å². The molecule has 2 aliphatic rings. The fraction of sp³-hybridized carbons (Fsp3) is 0.312. The summed E-state index contributed by atoms with van der Waals surface area (Å²) in [5.74, 6) is 0.483. The number of benzene rings is 1. The molecule has 3 rings (SSSR count). The Labute approximate surface area is 148 Å². The van der Waals surface area contributed by atoms with E-state index >= 15 is 0 Å². The molecule has 1 aromatic rings. The van der Waals surface area contributed by atoms with Gasteiger partial charge < -0.3 is 11.1 Å². The summed E-state index contributed by atoms with van der Waals surface area (Å²) in [5.41, 5.74) is 6.05. The molecule has 5 nitrogen and oxygen atoms in total. The normalized spacial score (nSPS) is 23.4. The van der Waals surface area contributed by atoms with E-state index in [0.717, 1.165) is 23.5 Å². The molecule has 1 aromatic carbocycles. The van der Waals surface area contributed by atoms with Crippen molar-refractivity contribution >= 4 is 39.8 Å². The van der Waals surface area contributed by atoms with Gasteiger partial charge >= 0.3 is 0 Å². The van der Waals surface area contributed by atoms with E-state index in [2.05, 4.69) is 15.3 Å². The number of carbonyl (C=O) groups is 1. The van der Waals surface area contributed by atoms with Gasteiger partial charge in [-0.15, -0.1) is 0 Å². The molecule has 0 saturated carbocycles. The summed E-state index contributed by atoms with van der Waals surface area (Å²) in [5, 5.41) is 3.63. The quantitative estimate of drug-likeness (QED) is 0.846. The van der Waals surface area contributed by atoms with Gasteiger partial charge in [-0.1, -0.05) is 35.7 Å². The summed E-state index contributed by atoms with van der Waals surface area (Å²) in [7, 11) is 0. The van der Waals surface area contributed by atoms with Crippen LogP contribution in [0.15, 0.2) is 40.5 Å². The number of hydrogen-bond donors (Lipinski definition) is 2. The predicted molar refractivity (Wildman–Crippen MR) is 98.9 cm³/mol.